The molecule has 21 heavy (non-hydrogen) atoms. The zero-order valence-corrected chi connectivity index (χ0v) is 10.8. The molecule has 0 aliphatic rings. The molecule has 0 amide bonds. The number of pyridine rings is 1. The predicted octanol–water partition coefficient (Wildman–Crippen LogP) is 3.86. The molecule has 2 aromatic carbocycles. The summed E-state index contributed by atoms with van der Waals surface area (Å²) in [4.78, 5) is 15.3. The van der Waals surface area contributed by atoms with Crippen molar-refractivity contribution < 1.29 is 19.0 Å². The van der Waals surface area contributed by atoms with Gasteiger partial charge in [-0.3, -0.25) is 0 Å². The molecule has 1 N–H and O–H groups in total. The van der Waals surface area contributed by atoms with Crippen LogP contribution >= 0.6 is 0 Å². The third-order valence-corrected chi connectivity index (χ3v) is 3.02. The Hall–Kier alpha value is -2.95. The van der Waals surface area contributed by atoms with Gasteiger partial charge in [-0.2, -0.15) is 0 Å². The van der Waals surface area contributed by atoms with E-state index in [4.69, 9.17) is 9.84 Å². The molecule has 0 aliphatic carbocycles. The lowest BCUT2D eigenvalue weighted by Gasteiger charge is -2.10. The molecule has 0 bridgehead atoms. The topological polar surface area (TPSA) is 59.4 Å². The number of hydrogen-bond acceptors (Lipinski definition) is 3. The second kappa shape index (κ2) is 5.20. The first-order valence-electron chi connectivity index (χ1n) is 6.19. The Balaban J connectivity index is 2.09. The van der Waals surface area contributed by atoms with Crippen LogP contribution in [0.5, 0.6) is 11.6 Å². The fourth-order valence-corrected chi connectivity index (χ4v) is 2.04. The van der Waals surface area contributed by atoms with Crippen molar-refractivity contribution in [1.29, 1.82) is 0 Å². The lowest BCUT2D eigenvalue weighted by Crippen LogP contribution is -2.01. The molecular formula is C16H10FNO3. The largest absolute Gasteiger partial charge is 0.478 e. The molecule has 0 atom stereocenters. The van der Waals surface area contributed by atoms with Crippen molar-refractivity contribution in [3.63, 3.8) is 0 Å². The van der Waals surface area contributed by atoms with E-state index in [1.54, 1.807) is 6.20 Å². The summed E-state index contributed by atoms with van der Waals surface area (Å²) in [6, 6.07) is 12.6. The number of halogens is 1. The maximum atomic E-state index is 13.2. The van der Waals surface area contributed by atoms with Crippen LogP contribution in [-0.2, 0) is 0 Å². The van der Waals surface area contributed by atoms with E-state index in [1.165, 1.54) is 6.07 Å². The maximum Gasteiger partial charge on any atom is 0.339 e. The molecule has 0 unspecified atom stereocenters. The smallest absolute Gasteiger partial charge is 0.339 e. The Morgan fingerprint density at radius 1 is 1.14 bits per heavy atom. The minimum absolute atomic E-state index is 0.0488. The maximum absolute atomic E-state index is 13.2. The van der Waals surface area contributed by atoms with Gasteiger partial charge in [-0.1, -0.05) is 18.2 Å². The Bertz CT molecular complexity index is 827. The summed E-state index contributed by atoms with van der Waals surface area (Å²) in [5, 5.41) is 10.8. The summed E-state index contributed by atoms with van der Waals surface area (Å²) in [7, 11) is 0. The molecule has 4 nitrogen and oxygen atoms in total. The van der Waals surface area contributed by atoms with Crippen molar-refractivity contribution in [3.8, 4) is 11.6 Å². The Morgan fingerprint density at radius 3 is 2.76 bits per heavy atom. The molecule has 0 aliphatic heterocycles. The van der Waals surface area contributed by atoms with E-state index in [0.29, 0.717) is 0 Å². The second-order valence-electron chi connectivity index (χ2n) is 4.38. The summed E-state index contributed by atoms with van der Waals surface area (Å²) in [6.45, 7) is 0. The van der Waals surface area contributed by atoms with Gasteiger partial charge in [0, 0.05) is 11.6 Å². The first-order chi connectivity index (χ1) is 10.1. The van der Waals surface area contributed by atoms with Crippen molar-refractivity contribution in [2.45, 2.75) is 0 Å². The standard InChI is InChI=1S/C16H10FNO3/c17-11-5-6-14(13(9-11)16(19)20)21-15-12-4-2-1-3-10(12)7-8-18-15/h1-9H,(H,19,20). The van der Waals surface area contributed by atoms with Crippen molar-refractivity contribution in [2.24, 2.45) is 0 Å². The van der Waals surface area contributed by atoms with Crippen LogP contribution in [0.25, 0.3) is 10.8 Å². The van der Waals surface area contributed by atoms with Crippen LogP contribution in [-0.4, -0.2) is 16.1 Å². The second-order valence-corrected chi connectivity index (χ2v) is 4.38. The molecule has 0 saturated heterocycles. The van der Waals surface area contributed by atoms with Crippen LogP contribution < -0.4 is 4.74 Å². The Labute approximate surface area is 119 Å². The van der Waals surface area contributed by atoms with Gasteiger partial charge in [-0.05, 0) is 35.7 Å². The van der Waals surface area contributed by atoms with E-state index < -0.39 is 11.8 Å². The van der Waals surface area contributed by atoms with Crippen molar-refractivity contribution >= 4 is 16.7 Å². The van der Waals surface area contributed by atoms with E-state index in [2.05, 4.69) is 4.98 Å². The molecule has 0 fully saturated rings. The highest BCUT2D eigenvalue weighted by atomic mass is 19.1. The number of rotatable bonds is 3. The van der Waals surface area contributed by atoms with Gasteiger partial charge < -0.3 is 9.84 Å². The van der Waals surface area contributed by atoms with Gasteiger partial charge in [0.1, 0.15) is 17.1 Å². The summed E-state index contributed by atoms with van der Waals surface area (Å²) in [5.41, 5.74) is -0.246. The van der Waals surface area contributed by atoms with Gasteiger partial charge in [0.25, 0.3) is 0 Å². The van der Waals surface area contributed by atoms with Crippen molar-refractivity contribution in [1.82, 2.24) is 4.98 Å². The van der Waals surface area contributed by atoms with Gasteiger partial charge in [0.2, 0.25) is 5.88 Å². The summed E-state index contributed by atoms with van der Waals surface area (Å²) < 4.78 is 18.7. The highest BCUT2D eigenvalue weighted by molar-refractivity contribution is 5.91. The van der Waals surface area contributed by atoms with Crippen molar-refractivity contribution in [2.75, 3.05) is 0 Å². The van der Waals surface area contributed by atoms with Crippen LogP contribution in [0, 0.1) is 5.82 Å². The normalized spacial score (nSPS) is 10.5. The van der Waals surface area contributed by atoms with E-state index in [-0.39, 0.29) is 17.2 Å². The molecule has 0 spiro atoms. The minimum Gasteiger partial charge on any atom is -0.478 e. The van der Waals surface area contributed by atoms with Gasteiger partial charge in [0.05, 0.1) is 0 Å². The first kappa shape index (κ1) is 13.1. The van der Waals surface area contributed by atoms with Crippen molar-refractivity contribution in [3.05, 3.63) is 66.1 Å². The highest BCUT2D eigenvalue weighted by Gasteiger charge is 2.14. The zero-order chi connectivity index (χ0) is 14.8. The third kappa shape index (κ3) is 2.53. The number of hydrogen-bond donors (Lipinski definition) is 1. The molecule has 1 aromatic heterocycles. The van der Waals surface area contributed by atoms with E-state index >= 15 is 0 Å². The zero-order valence-electron chi connectivity index (χ0n) is 10.8. The van der Waals surface area contributed by atoms with Gasteiger partial charge in [-0.15, -0.1) is 0 Å². The average Bonchev–Trinajstić information content (AvgIpc) is 2.49. The number of carboxylic acid groups (broad SMARTS) is 1. The summed E-state index contributed by atoms with van der Waals surface area (Å²) >= 11 is 0. The van der Waals surface area contributed by atoms with E-state index in [9.17, 15) is 9.18 Å². The third-order valence-electron chi connectivity index (χ3n) is 3.02. The molecule has 3 rings (SSSR count). The lowest BCUT2D eigenvalue weighted by molar-refractivity contribution is 0.0693. The number of benzene rings is 2. The molecule has 0 saturated carbocycles. The number of fused-ring (bicyclic) bond motifs is 1. The van der Waals surface area contributed by atoms with E-state index in [1.807, 2.05) is 30.3 Å². The molecule has 104 valence electrons. The highest BCUT2D eigenvalue weighted by Crippen LogP contribution is 2.30. The molecular weight excluding hydrogens is 273 g/mol. The Kier molecular flexibility index (Phi) is 3.23. The fraction of sp³-hybridized carbons (Fsp3) is 0. The van der Waals surface area contributed by atoms with Gasteiger partial charge in [0.15, 0.2) is 0 Å². The SMILES string of the molecule is O=C(O)c1cc(F)ccc1Oc1nccc2ccccc12. The molecule has 3 aromatic rings. The molecule has 5 heteroatoms. The number of ether oxygens (including phenoxy) is 1. The first-order valence-corrected chi connectivity index (χ1v) is 6.19. The quantitative estimate of drug-likeness (QED) is 0.792. The van der Waals surface area contributed by atoms with Crippen LogP contribution in [0.15, 0.2) is 54.7 Å². The Morgan fingerprint density at radius 2 is 1.95 bits per heavy atom. The average molecular weight is 283 g/mol. The van der Waals surface area contributed by atoms with Crippen LogP contribution in [0.4, 0.5) is 4.39 Å². The van der Waals surface area contributed by atoms with E-state index in [0.717, 1.165) is 22.9 Å². The minimum atomic E-state index is -1.26. The number of carbonyl (C=O) groups is 1. The lowest BCUT2D eigenvalue weighted by atomic mass is 10.1. The fourth-order valence-electron chi connectivity index (χ4n) is 2.04. The van der Waals surface area contributed by atoms with Crippen LogP contribution in [0.3, 0.4) is 0 Å². The molecule has 1 heterocycles. The monoisotopic (exact) mass is 283 g/mol. The van der Waals surface area contributed by atoms with Gasteiger partial charge in [-0.25, -0.2) is 14.2 Å². The van der Waals surface area contributed by atoms with Crippen LogP contribution in [0.1, 0.15) is 10.4 Å². The number of carboxylic acids is 1. The molecule has 0 radical (unpaired) electrons. The summed E-state index contributed by atoms with van der Waals surface area (Å²) in [5.74, 6) is -1.56. The van der Waals surface area contributed by atoms with Crippen LogP contribution in [0.2, 0.25) is 0 Å². The van der Waals surface area contributed by atoms with Gasteiger partial charge >= 0.3 is 5.97 Å². The number of nitrogens with zero attached hydrogens (tertiary/aromatic N) is 1. The summed E-state index contributed by atoms with van der Waals surface area (Å²) in [6.07, 6.45) is 1.57. The predicted molar refractivity (Wildman–Crippen MR) is 75.2 cm³/mol. The number of aromatic nitrogens is 1. The number of aromatic carboxylic acids is 1.